The van der Waals surface area contributed by atoms with Crippen molar-refractivity contribution in [3.05, 3.63) is 40.4 Å². The second kappa shape index (κ2) is 5.08. The van der Waals surface area contributed by atoms with Gasteiger partial charge in [0.15, 0.2) is 5.82 Å². The maximum Gasteiger partial charge on any atom is 0.153 e. The molecule has 1 heterocycles. The summed E-state index contributed by atoms with van der Waals surface area (Å²) in [6.45, 7) is 6.49. The number of aromatic nitrogens is 3. The van der Waals surface area contributed by atoms with Gasteiger partial charge in [-0.05, 0) is 24.6 Å². The van der Waals surface area contributed by atoms with Crippen molar-refractivity contribution >= 4 is 11.6 Å². The van der Waals surface area contributed by atoms with Crippen molar-refractivity contribution in [1.29, 1.82) is 0 Å². The van der Waals surface area contributed by atoms with Crippen LogP contribution in [0.1, 0.15) is 37.0 Å². The summed E-state index contributed by atoms with van der Waals surface area (Å²) < 4.78 is 1.79. The van der Waals surface area contributed by atoms with E-state index in [1.165, 1.54) is 0 Å². The molecule has 5 heteroatoms. The van der Waals surface area contributed by atoms with Crippen molar-refractivity contribution in [2.24, 2.45) is 5.73 Å². The highest BCUT2D eigenvalue weighted by molar-refractivity contribution is 6.30. The molecule has 1 aromatic heterocycles. The number of nitrogens with two attached hydrogens (primary N) is 1. The van der Waals surface area contributed by atoms with Crippen LogP contribution in [0.15, 0.2) is 18.2 Å². The molecule has 1 aromatic carbocycles. The van der Waals surface area contributed by atoms with Crippen LogP contribution in [0, 0.1) is 6.92 Å². The van der Waals surface area contributed by atoms with E-state index >= 15 is 0 Å². The van der Waals surface area contributed by atoms with Gasteiger partial charge in [-0.1, -0.05) is 31.5 Å². The summed E-state index contributed by atoms with van der Waals surface area (Å²) in [5.74, 6) is 1.83. The van der Waals surface area contributed by atoms with Crippen LogP contribution in [0.5, 0.6) is 0 Å². The molecule has 0 aliphatic carbocycles. The first kappa shape index (κ1) is 13.1. The van der Waals surface area contributed by atoms with Crippen LogP contribution in [0.3, 0.4) is 0 Å². The summed E-state index contributed by atoms with van der Waals surface area (Å²) in [7, 11) is 0. The Morgan fingerprint density at radius 1 is 1.39 bits per heavy atom. The van der Waals surface area contributed by atoms with Crippen LogP contribution in [-0.4, -0.2) is 14.8 Å². The number of nitrogens with zero attached hydrogens (tertiary/aromatic N) is 3. The van der Waals surface area contributed by atoms with Gasteiger partial charge in [-0.3, -0.25) is 0 Å². The molecule has 4 nitrogen and oxygen atoms in total. The van der Waals surface area contributed by atoms with E-state index in [0.29, 0.717) is 11.6 Å². The summed E-state index contributed by atoms with van der Waals surface area (Å²) in [5, 5.41) is 5.20. The topological polar surface area (TPSA) is 56.7 Å². The summed E-state index contributed by atoms with van der Waals surface area (Å²) >= 11 is 6.04. The molecule has 0 radical (unpaired) electrons. The highest BCUT2D eigenvalue weighted by Crippen LogP contribution is 2.21. The molecule has 0 spiro atoms. The van der Waals surface area contributed by atoms with E-state index in [9.17, 15) is 0 Å². The quantitative estimate of drug-likeness (QED) is 0.927. The Morgan fingerprint density at radius 3 is 2.72 bits per heavy atom. The fourth-order valence-electron chi connectivity index (χ4n) is 1.74. The number of hydrogen-bond acceptors (Lipinski definition) is 3. The van der Waals surface area contributed by atoms with Crippen LogP contribution in [0.4, 0.5) is 0 Å². The Hall–Kier alpha value is -1.39. The fourth-order valence-corrected chi connectivity index (χ4v) is 1.91. The summed E-state index contributed by atoms with van der Waals surface area (Å²) in [6, 6.07) is 5.71. The van der Waals surface area contributed by atoms with Gasteiger partial charge in [0.25, 0.3) is 0 Å². The molecule has 0 bridgehead atoms. The van der Waals surface area contributed by atoms with Crippen LogP contribution >= 0.6 is 11.6 Å². The van der Waals surface area contributed by atoms with Gasteiger partial charge in [-0.25, -0.2) is 9.67 Å². The SMILES string of the molecule is Cc1ccc(Cl)cc1-n1nc(C(C)C)nc1CN. The largest absolute Gasteiger partial charge is 0.324 e. The third kappa shape index (κ3) is 2.40. The predicted octanol–water partition coefficient (Wildman–Crippen LogP) is 2.81. The maximum atomic E-state index is 6.04. The molecule has 0 unspecified atom stereocenters. The summed E-state index contributed by atoms with van der Waals surface area (Å²) in [4.78, 5) is 4.46. The normalized spacial score (nSPS) is 11.2. The Kier molecular flexibility index (Phi) is 3.68. The molecule has 2 N–H and O–H groups in total. The lowest BCUT2D eigenvalue weighted by Crippen LogP contribution is -2.09. The van der Waals surface area contributed by atoms with Crippen molar-refractivity contribution in [1.82, 2.24) is 14.8 Å². The zero-order chi connectivity index (χ0) is 13.3. The zero-order valence-electron chi connectivity index (χ0n) is 10.8. The number of halogens is 1. The third-order valence-electron chi connectivity index (χ3n) is 2.79. The molecule has 2 rings (SSSR count). The first-order valence-electron chi connectivity index (χ1n) is 5.95. The molecular weight excluding hydrogens is 248 g/mol. The number of rotatable bonds is 3. The van der Waals surface area contributed by atoms with E-state index in [0.717, 1.165) is 22.9 Å². The van der Waals surface area contributed by atoms with E-state index in [4.69, 9.17) is 17.3 Å². The molecule has 0 aliphatic heterocycles. The second-order valence-corrected chi connectivity index (χ2v) is 5.02. The Morgan fingerprint density at radius 2 is 2.11 bits per heavy atom. The minimum atomic E-state index is 0.274. The molecule has 0 aliphatic rings. The standard InChI is InChI=1S/C13H17ClN4/c1-8(2)13-16-12(7-15)18(17-13)11-6-10(14)5-4-9(11)3/h4-6,8H,7,15H2,1-3H3. The van der Waals surface area contributed by atoms with Crippen molar-refractivity contribution in [2.75, 3.05) is 0 Å². The van der Waals surface area contributed by atoms with Crippen LogP contribution in [-0.2, 0) is 6.54 Å². The van der Waals surface area contributed by atoms with Gasteiger partial charge in [-0.2, -0.15) is 5.10 Å². The van der Waals surface area contributed by atoms with E-state index in [-0.39, 0.29) is 5.92 Å². The monoisotopic (exact) mass is 264 g/mol. The molecule has 0 amide bonds. The van der Waals surface area contributed by atoms with Gasteiger partial charge in [0.2, 0.25) is 0 Å². The molecule has 96 valence electrons. The van der Waals surface area contributed by atoms with E-state index in [2.05, 4.69) is 23.9 Å². The van der Waals surface area contributed by atoms with E-state index in [1.54, 1.807) is 4.68 Å². The lowest BCUT2D eigenvalue weighted by Gasteiger charge is -2.08. The van der Waals surface area contributed by atoms with Crippen molar-refractivity contribution < 1.29 is 0 Å². The van der Waals surface area contributed by atoms with E-state index in [1.807, 2.05) is 25.1 Å². The molecule has 18 heavy (non-hydrogen) atoms. The first-order valence-corrected chi connectivity index (χ1v) is 6.33. The molecule has 0 atom stereocenters. The second-order valence-electron chi connectivity index (χ2n) is 4.59. The first-order chi connectivity index (χ1) is 8.52. The van der Waals surface area contributed by atoms with E-state index < -0.39 is 0 Å². The van der Waals surface area contributed by atoms with Crippen LogP contribution in [0.25, 0.3) is 5.69 Å². The van der Waals surface area contributed by atoms with Gasteiger partial charge in [0.1, 0.15) is 5.82 Å². The maximum absolute atomic E-state index is 6.04. The van der Waals surface area contributed by atoms with Crippen LogP contribution in [0.2, 0.25) is 5.02 Å². The number of aryl methyl sites for hydroxylation is 1. The minimum absolute atomic E-state index is 0.274. The Labute approximate surface area is 112 Å². The molecule has 0 fully saturated rings. The number of hydrogen-bond donors (Lipinski definition) is 1. The molecule has 0 saturated carbocycles. The van der Waals surface area contributed by atoms with Gasteiger partial charge in [0.05, 0.1) is 12.2 Å². The van der Waals surface area contributed by atoms with Crippen molar-refractivity contribution in [3.63, 3.8) is 0 Å². The molecule has 0 saturated heterocycles. The highest BCUT2D eigenvalue weighted by atomic mass is 35.5. The summed E-state index contributed by atoms with van der Waals surface area (Å²) in [6.07, 6.45) is 0. The average Bonchev–Trinajstić information content (AvgIpc) is 2.76. The fraction of sp³-hybridized carbons (Fsp3) is 0.385. The average molecular weight is 265 g/mol. The Balaban J connectivity index is 2.58. The predicted molar refractivity (Wildman–Crippen MR) is 73.1 cm³/mol. The zero-order valence-corrected chi connectivity index (χ0v) is 11.6. The van der Waals surface area contributed by atoms with Crippen LogP contribution < -0.4 is 5.73 Å². The lowest BCUT2D eigenvalue weighted by molar-refractivity contribution is 0.743. The Bertz CT molecular complexity index is 560. The molecule has 2 aromatic rings. The highest BCUT2D eigenvalue weighted by Gasteiger charge is 2.14. The minimum Gasteiger partial charge on any atom is -0.324 e. The van der Waals surface area contributed by atoms with Gasteiger partial charge in [0, 0.05) is 10.9 Å². The lowest BCUT2D eigenvalue weighted by atomic mass is 10.2. The third-order valence-corrected chi connectivity index (χ3v) is 3.02. The molecular formula is C13H17ClN4. The van der Waals surface area contributed by atoms with Crippen molar-refractivity contribution in [3.8, 4) is 5.69 Å². The van der Waals surface area contributed by atoms with Gasteiger partial charge >= 0.3 is 0 Å². The van der Waals surface area contributed by atoms with Gasteiger partial charge < -0.3 is 5.73 Å². The van der Waals surface area contributed by atoms with Crippen molar-refractivity contribution in [2.45, 2.75) is 33.2 Å². The smallest absolute Gasteiger partial charge is 0.153 e. The summed E-state index contributed by atoms with van der Waals surface area (Å²) in [5.41, 5.74) is 7.76. The van der Waals surface area contributed by atoms with Gasteiger partial charge in [-0.15, -0.1) is 0 Å². The number of benzene rings is 1.